The Morgan fingerprint density at radius 1 is 0.950 bits per heavy atom. The van der Waals surface area contributed by atoms with E-state index in [-0.39, 0.29) is 12.1 Å². The van der Waals surface area contributed by atoms with Gasteiger partial charge in [-0.3, -0.25) is 0 Å². The molecule has 0 aromatic heterocycles. The second-order valence-corrected chi connectivity index (χ2v) is 3.65. The zero-order valence-corrected chi connectivity index (χ0v) is 9.11. The fourth-order valence-corrected chi connectivity index (χ4v) is 1.39. The Hall–Kier alpha value is -1.87. The van der Waals surface area contributed by atoms with Crippen LogP contribution in [0.3, 0.4) is 0 Å². The molecule has 0 bridgehead atoms. The summed E-state index contributed by atoms with van der Waals surface area (Å²) in [6.07, 6.45) is -12.8. The molecule has 0 saturated carbocycles. The van der Waals surface area contributed by atoms with Crippen molar-refractivity contribution in [2.75, 3.05) is 0 Å². The van der Waals surface area contributed by atoms with Crippen molar-refractivity contribution in [1.29, 1.82) is 0 Å². The molecular weight excluding hydrogens is 304 g/mol. The van der Waals surface area contributed by atoms with Gasteiger partial charge in [-0.2, -0.15) is 26.3 Å². The molecule has 1 aromatic carbocycles. The van der Waals surface area contributed by atoms with Crippen molar-refractivity contribution in [2.45, 2.75) is 18.0 Å². The highest BCUT2D eigenvalue weighted by Gasteiger charge is 2.73. The number of halogens is 8. The van der Waals surface area contributed by atoms with E-state index in [0.29, 0.717) is 0 Å². The molecule has 0 heterocycles. The molecule has 0 spiro atoms. The Kier molecular flexibility index (Phi) is 3.72. The Morgan fingerprint density at radius 2 is 1.40 bits per heavy atom. The molecule has 0 fully saturated rings. The summed E-state index contributed by atoms with van der Waals surface area (Å²) in [5.74, 6) is -3.83. The number of benzene rings is 1. The van der Waals surface area contributed by atoms with Crippen molar-refractivity contribution >= 4 is 5.97 Å². The standard InChI is InChI=1S/C10H4F8O2/c11-6-3-4(1-2-5(6)7(19)20)8(12,9(13,14)15)10(16,17)18/h1-3H,(H,19,20). The number of alkyl halides is 7. The van der Waals surface area contributed by atoms with Gasteiger partial charge in [-0.25, -0.2) is 13.6 Å². The number of hydrogen-bond donors (Lipinski definition) is 1. The van der Waals surface area contributed by atoms with E-state index in [1.807, 2.05) is 0 Å². The van der Waals surface area contributed by atoms with E-state index in [1.54, 1.807) is 0 Å². The summed E-state index contributed by atoms with van der Waals surface area (Å²) in [5.41, 5.74) is -9.06. The van der Waals surface area contributed by atoms with Crippen LogP contribution >= 0.6 is 0 Å². The molecule has 0 unspecified atom stereocenters. The summed E-state index contributed by atoms with van der Waals surface area (Å²) in [7, 11) is 0. The summed E-state index contributed by atoms with van der Waals surface area (Å²) in [6.45, 7) is 0. The van der Waals surface area contributed by atoms with E-state index in [9.17, 15) is 39.9 Å². The highest BCUT2D eigenvalue weighted by Crippen LogP contribution is 2.53. The quantitative estimate of drug-likeness (QED) is 0.844. The molecular formula is C10H4F8O2. The van der Waals surface area contributed by atoms with Crippen molar-refractivity contribution in [3.05, 3.63) is 35.1 Å². The molecule has 0 amide bonds. The fraction of sp³-hybridized carbons (Fsp3) is 0.300. The van der Waals surface area contributed by atoms with Crippen LogP contribution in [0.5, 0.6) is 0 Å². The summed E-state index contributed by atoms with van der Waals surface area (Å²) in [6, 6.07) is -0.392. The Labute approximate surface area is 105 Å². The first-order chi connectivity index (χ1) is 8.82. The number of carbonyl (C=O) groups is 1. The van der Waals surface area contributed by atoms with Gasteiger partial charge >= 0.3 is 24.0 Å². The predicted molar refractivity (Wildman–Crippen MR) is 48.3 cm³/mol. The minimum absolute atomic E-state index is 0.0759. The van der Waals surface area contributed by atoms with Gasteiger partial charge in [-0.15, -0.1) is 0 Å². The number of hydrogen-bond acceptors (Lipinski definition) is 1. The van der Waals surface area contributed by atoms with Gasteiger partial charge in [-0.05, 0) is 12.1 Å². The first-order valence-corrected chi connectivity index (χ1v) is 4.68. The molecule has 0 aliphatic carbocycles. The third-order valence-electron chi connectivity index (χ3n) is 2.38. The average Bonchev–Trinajstić information content (AvgIpc) is 2.24. The van der Waals surface area contributed by atoms with Crippen LogP contribution in [0.15, 0.2) is 18.2 Å². The molecule has 0 saturated heterocycles. The average molecular weight is 308 g/mol. The largest absolute Gasteiger partial charge is 0.478 e. The van der Waals surface area contributed by atoms with Gasteiger partial charge in [0.05, 0.1) is 5.56 Å². The van der Waals surface area contributed by atoms with Gasteiger partial charge < -0.3 is 5.11 Å². The van der Waals surface area contributed by atoms with Crippen LogP contribution < -0.4 is 0 Å². The lowest BCUT2D eigenvalue weighted by molar-refractivity contribution is -0.348. The number of aromatic carboxylic acids is 1. The van der Waals surface area contributed by atoms with Gasteiger partial charge in [-0.1, -0.05) is 6.07 Å². The van der Waals surface area contributed by atoms with Crippen LogP contribution in [-0.4, -0.2) is 23.4 Å². The maximum atomic E-state index is 13.5. The van der Waals surface area contributed by atoms with E-state index in [1.165, 1.54) is 0 Å². The van der Waals surface area contributed by atoms with Crippen molar-refractivity contribution in [3.63, 3.8) is 0 Å². The van der Waals surface area contributed by atoms with Crippen LogP contribution in [0.4, 0.5) is 35.1 Å². The van der Waals surface area contributed by atoms with Crippen molar-refractivity contribution in [3.8, 4) is 0 Å². The van der Waals surface area contributed by atoms with Crippen LogP contribution in [-0.2, 0) is 5.67 Å². The highest BCUT2D eigenvalue weighted by atomic mass is 19.4. The third-order valence-corrected chi connectivity index (χ3v) is 2.38. The lowest BCUT2D eigenvalue weighted by Gasteiger charge is -2.30. The third kappa shape index (κ3) is 2.41. The molecule has 1 aromatic rings. The van der Waals surface area contributed by atoms with Gasteiger partial charge in [0.1, 0.15) is 5.82 Å². The van der Waals surface area contributed by atoms with Crippen LogP contribution in [0, 0.1) is 5.82 Å². The first-order valence-electron chi connectivity index (χ1n) is 4.68. The summed E-state index contributed by atoms with van der Waals surface area (Å²) >= 11 is 0. The van der Waals surface area contributed by atoms with Crippen LogP contribution in [0.25, 0.3) is 0 Å². The molecule has 0 aliphatic rings. The second kappa shape index (κ2) is 4.60. The molecule has 0 radical (unpaired) electrons. The Bertz CT molecular complexity index is 517. The monoisotopic (exact) mass is 308 g/mol. The lowest BCUT2D eigenvalue weighted by atomic mass is 9.93. The Balaban J connectivity index is 3.54. The van der Waals surface area contributed by atoms with Crippen molar-refractivity contribution in [1.82, 2.24) is 0 Å². The predicted octanol–water partition coefficient (Wildman–Crippen LogP) is 3.81. The lowest BCUT2D eigenvalue weighted by Crippen LogP contribution is -2.50. The maximum Gasteiger partial charge on any atom is 0.435 e. The maximum absolute atomic E-state index is 13.5. The van der Waals surface area contributed by atoms with E-state index < -0.39 is 47.0 Å². The van der Waals surface area contributed by atoms with Crippen LogP contribution in [0.1, 0.15) is 15.9 Å². The molecule has 112 valence electrons. The second-order valence-electron chi connectivity index (χ2n) is 3.65. The molecule has 0 aliphatic heterocycles. The topological polar surface area (TPSA) is 37.3 Å². The summed E-state index contributed by atoms with van der Waals surface area (Å²) in [4.78, 5) is 10.4. The summed E-state index contributed by atoms with van der Waals surface area (Å²) < 4.78 is 101. The van der Waals surface area contributed by atoms with E-state index >= 15 is 0 Å². The van der Waals surface area contributed by atoms with E-state index in [0.717, 1.165) is 0 Å². The van der Waals surface area contributed by atoms with Crippen LogP contribution in [0.2, 0.25) is 0 Å². The smallest absolute Gasteiger partial charge is 0.435 e. The number of carboxylic acids is 1. The molecule has 2 nitrogen and oxygen atoms in total. The SMILES string of the molecule is O=C(O)c1ccc(C(F)(C(F)(F)F)C(F)(F)F)cc1F. The zero-order valence-electron chi connectivity index (χ0n) is 9.11. The summed E-state index contributed by atoms with van der Waals surface area (Å²) in [5, 5.41) is 8.40. The molecule has 20 heavy (non-hydrogen) atoms. The normalized spacial score (nSPS) is 13.4. The highest BCUT2D eigenvalue weighted by molar-refractivity contribution is 5.87. The van der Waals surface area contributed by atoms with Gasteiger partial charge in [0, 0.05) is 5.56 Å². The molecule has 10 heteroatoms. The number of rotatable bonds is 2. The van der Waals surface area contributed by atoms with Gasteiger partial charge in [0.25, 0.3) is 0 Å². The Morgan fingerprint density at radius 3 is 1.70 bits per heavy atom. The molecule has 1 N–H and O–H groups in total. The van der Waals surface area contributed by atoms with Gasteiger partial charge in [0.15, 0.2) is 0 Å². The van der Waals surface area contributed by atoms with Crippen molar-refractivity contribution in [2.24, 2.45) is 0 Å². The molecule has 0 atom stereocenters. The zero-order chi connectivity index (χ0) is 15.9. The van der Waals surface area contributed by atoms with E-state index in [2.05, 4.69) is 0 Å². The minimum atomic E-state index is -6.39. The fourth-order valence-electron chi connectivity index (χ4n) is 1.39. The molecule has 1 rings (SSSR count). The van der Waals surface area contributed by atoms with Gasteiger partial charge in [0.2, 0.25) is 0 Å². The minimum Gasteiger partial charge on any atom is -0.478 e. The first kappa shape index (κ1) is 16.2. The van der Waals surface area contributed by atoms with E-state index in [4.69, 9.17) is 5.11 Å². The number of carboxylic acid groups (broad SMARTS) is 1. The van der Waals surface area contributed by atoms with Crippen molar-refractivity contribution < 1.29 is 45.0 Å².